The Morgan fingerprint density at radius 3 is 2.75 bits per heavy atom. The normalized spacial score (nSPS) is 11.6. The van der Waals surface area contributed by atoms with Gasteiger partial charge in [-0.3, -0.25) is 4.99 Å². The highest BCUT2D eigenvalue weighted by molar-refractivity contribution is 7.96. The molecule has 0 amide bonds. The third-order valence-corrected chi connectivity index (χ3v) is 1.10. The lowest BCUT2D eigenvalue weighted by atomic mass is 10.5. The standard InChI is InChI=1S/C5H12N2S/c1-3-4-7-5(8)6-2/h3-4H2,1-2H3,(H2,6,7,8). The van der Waals surface area contributed by atoms with Gasteiger partial charge in [0.25, 0.3) is 0 Å². The van der Waals surface area contributed by atoms with E-state index < -0.39 is 0 Å². The number of nitrogens with one attached hydrogen (secondary N) is 1. The molecule has 0 aliphatic heterocycles. The topological polar surface area (TPSA) is 24.4 Å². The summed E-state index contributed by atoms with van der Waals surface area (Å²) in [6.45, 7) is 3.06. The van der Waals surface area contributed by atoms with Gasteiger partial charge in [-0.05, 0) is 6.42 Å². The Balaban J connectivity index is 3.12. The summed E-state index contributed by atoms with van der Waals surface area (Å²) in [7, 11) is 1.71. The zero-order valence-corrected chi connectivity index (χ0v) is 6.20. The smallest absolute Gasteiger partial charge is 0.153 e. The van der Waals surface area contributed by atoms with E-state index in [9.17, 15) is 0 Å². The van der Waals surface area contributed by atoms with Gasteiger partial charge < -0.3 is 5.32 Å². The van der Waals surface area contributed by atoms with E-state index in [1.54, 1.807) is 7.05 Å². The van der Waals surface area contributed by atoms with Crippen LogP contribution in [-0.4, -0.2) is 18.8 Å². The van der Waals surface area contributed by atoms with E-state index in [1.807, 2.05) is 0 Å². The van der Waals surface area contributed by atoms with Crippen LogP contribution in [0.25, 0.3) is 0 Å². The van der Waals surface area contributed by atoms with Gasteiger partial charge >= 0.3 is 0 Å². The van der Waals surface area contributed by atoms with E-state index in [-0.39, 0.29) is 0 Å². The lowest BCUT2D eigenvalue weighted by Gasteiger charge is -1.98. The van der Waals surface area contributed by atoms with Gasteiger partial charge in [-0.2, -0.15) is 0 Å². The minimum Gasteiger partial charge on any atom is -0.365 e. The predicted octanol–water partition coefficient (Wildman–Crippen LogP) is 0.902. The molecular formula is C5H12N2S. The number of nitrogens with zero attached hydrogens (tertiary/aromatic N) is 1. The molecule has 48 valence electrons. The predicted molar refractivity (Wildman–Crippen MR) is 40.6 cm³/mol. The maximum Gasteiger partial charge on any atom is 0.153 e. The highest BCUT2D eigenvalue weighted by atomic mass is 32.1. The van der Waals surface area contributed by atoms with Crippen molar-refractivity contribution in [1.29, 1.82) is 0 Å². The summed E-state index contributed by atoms with van der Waals surface area (Å²) in [6.07, 6.45) is 1.11. The van der Waals surface area contributed by atoms with Crippen LogP contribution < -0.4 is 5.32 Å². The molecule has 0 saturated carbocycles. The van der Waals surface area contributed by atoms with Crippen LogP contribution in [0.5, 0.6) is 0 Å². The number of thiol groups is 1. The van der Waals surface area contributed by atoms with E-state index in [0.717, 1.165) is 13.0 Å². The number of aliphatic imine (C=N–C) groups is 1. The molecule has 3 heteroatoms. The summed E-state index contributed by atoms with van der Waals surface area (Å²) in [6, 6.07) is 0. The third kappa shape index (κ3) is 3.99. The van der Waals surface area contributed by atoms with Crippen molar-refractivity contribution >= 4 is 17.8 Å². The Hall–Kier alpha value is -0.180. The quantitative estimate of drug-likeness (QED) is 0.326. The van der Waals surface area contributed by atoms with Gasteiger partial charge in [0.1, 0.15) is 0 Å². The Kier molecular flexibility index (Phi) is 4.85. The van der Waals surface area contributed by atoms with Crippen molar-refractivity contribution in [3.8, 4) is 0 Å². The Morgan fingerprint density at radius 1 is 1.75 bits per heavy atom. The molecule has 0 atom stereocenters. The van der Waals surface area contributed by atoms with Crippen LogP contribution in [0.2, 0.25) is 0 Å². The lowest BCUT2D eigenvalue weighted by Crippen LogP contribution is -2.18. The minimum absolute atomic E-state index is 0.715. The molecule has 0 aromatic carbocycles. The van der Waals surface area contributed by atoms with Gasteiger partial charge in [0.05, 0.1) is 0 Å². The first-order valence-electron chi connectivity index (χ1n) is 2.71. The molecule has 0 radical (unpaired) electrons. The van der Waals surface area contributed by atoms with Crippen LogP contribution in [0.4, 0.5) is 0 Å². The minimum atomic E-state index is 0.715. The van der Waals surface area contributed by atoms with Crippen molar-refractivity contribution in [1.82, 2.24) is 5.32 Å². The van der Waals surface area contributed by atoms with Crippen molar-refractivity contribution in [2.24, 2.45) is 4.99 Å². The van der Waals surface area contributed by atoms with Crippen LogP contribution in [0.1, 0.15) is 13.3 Å². The molecule has 0 heterocycles. The molecule has 8 heavy (non-hydrogen) atoms. The van der Waals surface area contributed by atoms with Crippen molar-refractivity contribution in [3.05, 3.63) is 0 Å². The van der Waals surface area contributed by atoms with E-state index in [0.29, 0.717) is 5.17 Å². The maximum atomic E-state index is 4.00. The molecule has 0 unspecified atom stereocenters. The van der Waals surface area contributed by atoms with Gasteiger partial charge in [-0.15, -0.1) is 12.6 Å². The fraction of sp³-hybridized carbons (Fsp3) is 0.800. The van der Waals surface area contributed by atoms with Gasteiger partial charge in [-0.25, -0.2) is 0 Å². The fourth-order valence-corrected chi connectivity index (χ4v) is 0.428. The molecule has 0 fully saturated rings. The average Bonchev–Trinajstić information content (AvgIpc) is 1.83. The summed E-state index contributed by atoms with van der Waals surface area (Å²) in [5, 5.41) is 3.71. The zero-order valence-electron chi connectivity index (χ0n) is 5.31. The molecule has 0 spiro atoms. The monoisotopic (exact) mass is 132 g/mol. The van der Waals surface area contributed by atoms with Gasteiger partial charge in [-0.1, -0.05) is 6.92 Å². The maximum absolute atomic E-state index is 4.00. The number of hydrogen-bond donors (Lipinski definition) is 2. The number of amidine groups is 1. The van der Waals surface area contributed by atoms with Crippen LogP contribution in [0.3, 0.4) is 0 Å². The first-order chi connectivity index (χ1) is 3.81. The van der Waals surface area contributed by atoms with Gasteiger partial charge in [0.2, 0.25) is 0 Å². The van der Waals surface area contributed by atoms with Crippen LogP contribution in [0, 0.1) is 0 Å². The van der Waals surface area contributed by atoms with E-state index in [2.05, 4.69) is 29.9 Å². The molecule has 0 saturated heterocycles. The molecule has 1 N–H and O–H groups in total. The largest absolute Gasteiger partial charge is 0.365 e. The summed E-state index contributed by atoms with van der Waals surface area (Å²) in [4.78, 5) is 3.80. The Labute approximate surface area is 55.8 Å². The summed E-state index contributed by atoms with van der Waals surface area (Å²) in [5.41, 5.74) is 0. The highest BCUT2D eigenvalue weighted by Crippen LogP contribution is 1.77. The van der Waals surface area contributed by atoms with Crippen molar-refractivity contribution in [2.75, 3.05) is 13.6 Å². The average molecular weight is 132 g/mol. The second-order valence-electron chi connectivity index (χ2n) is 1.47. The molecular weight excluding hydrogens is 120 g/mol. The molecule has 0 bridgehead atoms. The molecule has 0 rings (SSSR count). The summed E-state index contributed by atoms with van der Waals surface area (Å²) in [5.74, 6) is 0. The van der Waals surface area contributed by atoms with E-state index >= 15 is 0 Å². The molecule has 0 aliphatic carbocycles. The third-order valence-electron chi connectivity index (χ3n) is 0.745. The second-order valence-corrected chi connectivity index (χ2v) is 1.90. The molecule has 0 aliphatic rings. The molecule has 0 aromatic heterocycles. The fourth-order valence-electron chi connectivity index (χ4n) is 0.316. The Bertz CT molecular complexity index is 80.5. The summed E-state index contributed by atoms with van der Waals surface area (Å²) < 4.78 is 0. The molecule has 2 nitrogen and oxygen atoms in total. The first kappa shape index (κ1) is 7.82. The van der Waals surface area contributed by atoms with Crippen molar-refractivity contribution in [3.63, 3.8) is 0 Å². The lowest BCUT2D eigenvalue weighted by molar-refractivity contribution is 0.847. The van der Waals surface area contributed by atoms with E-state index in [4.69, 9.17) is 0 Å². The van der Waals surface area contributed by atoms with Gasteiger partial charge in [0, 0.05) is 13.6 Å². The SMILES string of the molecule is CCCN/C(S)=N\C. The van der Waals surface area contributed by atoms with E-state index in [1.165, 1.54) is 0 Å². The Morgan fingerprint density at radius 2 is 2.38 bits per heavy atom. The summed E-state index contributed by atoms with van der Waals surface area (Å²) >= 11 is 4.00. The van der Waals surface area contributed by atoms with Crippen LogP contribution >= 0.6 is 12.6 Å². The van der Waals surface area contributed by atoms with Crippen LogP contribution in [0.15, 0.2) is 4.99 Å². The zero-order chi connectivity index (χ0) is 6.41. The van der Waals surface area contributed by atoms with Crippen molar-refractivity contribution < 1.29 is 0 Å². The number of rotatable bonds is 2. The second kappa shape index (κ2) is 4.97. The number of hydrogen-bond acceptors (Lipinski definition) is 1. The van der Waals surface area contributed by atoms with Gasteiger partial charge in [0.15, 0.2) is 5.17 Å². The highest BCUT2D eigenvalue weighted by Gasteiger charge is 1.82. The van der Waals surface area contributed by atoms with Crippen molar-refractivity contribution in [2.45, 2.75) is 13.3 Å². The first-order valence-corrected chi connectivity index (χ1v) is 3.15. The van der Waals surface area contributed by atoms with Crippen LogP contribution in [-0.2, 0) is 0 Å². The molecule has 0 aromatic rings.